The Hall–Kier alpha value is -1.10. The van der Waals surface area contributed by atoms with E-state index in [-0.39, 0.29) is 17.7 Å². The molecular formula is C15H26N2O3. The molecule has 0 spiro atoms. The summed E-state index contributed by atoms with van der Waals surface area (Å²) >= 11 is 0. The molecule has 20 heavy (non-hydrogen) atoms. The van der Waals surface area contributed by atoms with Gasteiger partial charge in [0.25, 0.3) is 0 Å². The molecule has 1 atom stereocenters. The quantitative estimate of drug-likeness (QED) is 0.850. The fourth-order valence-electron chi connectivity index (χ4n) is 3.51. The van der Waals surface area contributed by atoms with Crippen molar-refractivity contribution in [1.29, 1.82) is 0 Å². The largest absolute Gasteiger partial charge is 0.481 e. The van der Waals surface area contributed by atoms with E-state index in [1.54, 1.807) is 0 Å². The van der Waals surface area contributed by atoms with Gasteiger partial charge in [-0.15, -0.1) is 0 Å². The summed E-state index contributed by atoms with van der Waals surface area (Å²) in [6, 6.07) is 0.318. The van der Waals surface area contributed by atoms with Crippen molar-refractivity contribution in [2.24, 2.45) is 11.8 Å². The van der Waals surface area contributed by atoms with Crippen LogP contribution in [0.25, 0.3) is 0 Å². The summed E-state index contributed by atoms with van der Waals surface area (Å²) in [5, 5.41) is 9.00. The van der Waals surface area contributed by atoms with Crippen LogP contribution in [-0.4, -0.2) is 60.0 Å². The Morgan fingerprint density at radius 3 is 2.25 bits per heavy atom. The van der Waals surface area contributed by atoms with Crippen LogP contribution in [0, 0.1) is 11.8 Å². The van der Waals surface area contributed by atoms with E-state index in [9.17, 15) is 9.59 Å². The zero-order chi connectivity index (χ0) is 14.7. The Balaban J connectivity index is 1.86. The highest BCUT2D eigenvalue weighted by Crippen LogP contribution is 2.30. The van der Waals surface area contributed by atoms with Crippen LogP contribution < -0.4 is 0 Å². The van der Waals surface area contributed by atoms with E-state index in [1.165, 1.54) is 0 Å². The lowest BCUT2D eigenvalue weighted by atomic mass is 9.81. The summed E-state index contributed by atoms with van der Waals surface area (Å²) in [5.41, 5.74) is 0. The highest BCUT2D eigenvalue weighted by atomic mass is 16.4. The third-order valence-electron chi connectivity index (χ3n) is 4.92. The molecule has 1 unspecified atom stereocenters. The molecule has 1 N–H and O–H groups in total. The molecule has 0 aromatic carbocycles. The Bertz CT molecular complexity index is 364. The number of amides is 1. The second kappa shape index (κ2) is 6.57. The monoisotopic (exact) mass is 282 g/mol. The fraction of sp³-hybridized carbons (Fsp3) is 0.867. The molecule has 1 aliphatic heterocycles. The van der Waals surface area contributed by atoms with Gasteiger partial charge < -0.3 is 14.9 Å². The van der Waals surface area contributed by atoms with Crippen LogP contribution in [0.5, 0.6) is 0 Å². The average Bonchev–Trinajstić information content (AvgIpc) is 2.46. The lowest BCUT2D eigenvalue weighted by Gasteiger charge is -2.38. The minimum atomic E-state index is -0.710. The molecule has 0 bridgehead atoms. The molecule has 1 amide bonds. The van der Waals surface area contributed by atoms with E-state index in [4.69, 9.17) is 5.11 Å². The van der Waals surface area contributed by atoms with Crippen molar-refractivity contribution < 1.29 is 14.7 Å². The summed E-state index contributed by atoms with van der Waals surface area (Å²) in [5.74, 6) is -0.708. The van der Waals surface area contributed by atoms with Crippen LogP contribution in [0.3, 0.4) is 0 Å². The SMILES string of the molecule is CN1CCCC(N(C)C(=O)C2CCC(C(=O)O)CC2)C1. The van der Waals surface area contributed by atoms with E-state index in [0.29, 0.717) is 18.9 Å². The number of piperidine rings is 1. The first kappa shape index (κ1) is 15.3. The molecule has 1 aliphatic carbocycles. The number of aliphatic carboxylic acids is 1. The molecule has 2 aliphatic rings. The topological polar surface area (TPSA) is 60.9 Å². The maximum Gasteiger partial charge on any atom is 0.306 e. The van der Waals surface area contributed by atoms with Crippen LogP contribution in [0.2, 0.25) is 0 Å². The molecule has 2 rings (SSSR count). The third-order valence-corrected chi connectivity index (χ3v) is 4.92. The van der Waals surface area contributed by atoms with Crippen LogP contribution in [0.4, 0.5) is 0 Å². The smallest absolute Gasteiger partial charge is 0.306 e. The Kier molecular flexibility index (Phi) is 5.02. The second-order valence-corrected chi connectivity index (χ2v) is 6.39. The lowest BCUT2D eigenvalue weighted by Crippen LogP contribution is -2.49. The number of nitrogens with zero attached hydrogens (tertiary/aromatic N) is 2. The maximum atomic E-state index is 12.5. The lowest BCUT2D eigenvalue weighted by molar-refractivity contribution is -0.146. The van der Waals surface area contributed by atoms with Gasteiger partial charge >= 0.3 is 5.97 Å². The van der Waals surface area contributed by atoms with Crippen LogP contribution >= 0.6 is 0 Å². The van der Waals surface area contributed by atoms with Crippen molar-refractivity contribution in [3.05, 3.63) is 0 Å². The summed E-state index contributed by atoms with van der Waals surface area (Å²) in [6.45, 7) is 2.06. The number of carbonyl (C=O) groups excluding carboxylic acids is 1. The normalized spacial score (nSPS) is 31.8. The second-order valence-electron chi connectivity index (χ2n) is 6.39. The fourth-order valence-corrected chi connectivity index (χ4v) is 3.51. The first-order chi connectivity index (χ1) is 9.49. The van der Waals surface area contributed by atoms with E-state index in [0.717, 1.165) is 38.8 Å². The molecule has 5 heteroatoms. The van der Waals surface area contributed by atoms with Gasteiger partial charge in [-0.25, -0.2) is 0 Å². The zero-order valence-corrected chi connectivity index (χ0v) is 12.5. The van der Waals surface area contributed by atoms with Crippen molar-refractivity contribution in [3.63, 3.8) is 0 Å². The third kappa shape index (κ3) is 3.51. The standard InChI is InChI=1S/C15H26N2O3/c1-16-9-3-4-13(10-16)17(2)14(18)11-5-7-12(8-6-11)15(19)20/h11-13H,3-10H2,1-2H3,(H,19,20). The molecule has 2 fully saturated rings. The highest BCUT2D eigenvalue weighted by Gasteiger charge is 2.33. The minimum absolute atomic E-state index is 0.0304. The van der Waals surface area contributed by atoms with E-state index in [1.807, 2.05) is 11.9 Å². The van der Waals surface area contributed by atoms with Gasteiger partial charge in [0.05, 0.1) is 5.92 Å². The molecule has 0 aromatic heterocycles. The summed E-state index contributed by atoms with van der Waals surface area (Å²) in [6.07, 6.45) is 4.96. The number of likely N-dealkylation sites (N-methyl/N-ethyl adjacent to an activating group) is 2. The van der Waals surface area contributed by atoms with Gasteiger partial charge in [-0.1, -0.05) is 0 Å². The van der Waals surface area contributed by atoms with E-state index < -0.39 is 5.97 Å². The predicted octanol–water partition coefficient (Wildman–Crippen LogP) is 1.43. The molecule has 0 aromatic rings. The Morgan fingerprint density at radius 2 is 1.70 bits per heavy atom. The number of carbonyl (C=O) groups is 2. The molecule has 1 heterocycles. The minimum Gasteiger partial charge on any atom is -0.481 e. The molecule has 5 nitrogen and oxygen atoms in total. The van der Waals surface area contributed by atoms with Crippen molar-refractivity contribution in [2.45, 2.75) is 44.6 Å². The number of likely N-dealkylation sites (tertiary alicyclic amines) is 1. The number of carboxylic acid groups (broad SMARTS) is 1. The van der Waals surface area contributed by atoms with E-state index >= 15 is 0 Å². The van der Waals surface area contributed by atoms with Gasteiger partial charge in [0, 0.05) is 25.6 Å². The van der Waals surface area contributed by atoms with Crippen LogP contribution in [0.15, 0.2) is 0 Å². The van der Waals surface area contributed by atoms with Crippen molar-refractivity contribution in [1.82, 2.24) is 9.80 Å². The average molecular weight is 282 g/mol. The first-order valence-corrected chi connectivity index (χ1v) is 7.67. The zero-order valence-electron chi connectivity index (χ0n) is 12.5. The van der Waals surface area contributed by atoms with Crippen molar-refractivity contribution in [2.75, 3.05) is 27.2 Å². The van der Waals surface area contributed by atoms with Crippen molar-refractivity contribution >= 4 is 11.9 Å². The van der Waals surface area contributed by atoms with Gasteiger partial charge in [0.15, 0.2) is 0 Å². The van der Waals surface area contributed by atoms with Gasteiger partial charge in [-0.3, -0.25) is 9.59 Å². The van der Waals surface area contributed by atoms with Crippen molar-refractivity contribution in [3.8, 4) is 0 Å². The van der Waals surface area contributed by atoms with Gasteiger partial charge in [-0.05, 0) is 52.1 Å². The summed E-state index contributed by atoms with van der Waals surface area (Å²) in [4.78, 5) is 27.7. The molecule has 1 saturated heterocycles. The van der Waals surface area contributed by atoms with Gasteiger partial charge in [-0.2, -0.15) is 0 Å². The predicted molar refractivity (Wildman–Crippen MR) is 76.4 cm³/mol. The maximum absolute atomic E-state index is 12.5. The molecular weight excluding hydrogens is 256 g/mol. The first-order valence-electron chi connectivity index (χ1n) is 7.67. The summed E-state index contributed by atoms with van der Waals surface area (Å²) in [7, 11) is 4.01. The van der Waals surface area contributed by atoms with Gasteiger partial charge in [0.1, 0.15) is 0 Å². The van der Waals surface area contributed by atoms with Crippen LogP contribution in [-0.2, 0) is 9.59 Å². The number of hydrogen-bond acceptors (Lipinski definition) is 3. The highest BCUT2D eigenvalue weighted by molar-refractivity contribution is 5.79. The molecule has 1 saturated carbocycles. The Morgan fingerprint density at radius 1 is 1.10 bits per heavy atom. The molecule has 114 valence electrons. The number of carboxylic acids is 1. The van der Waals surface area contributed by atoms with Gasteiger partial charge in [0.2, 0.25) is 5.91 Å². The summed E-state index contributed by atoms with van der Waals surface area (Å²) < 4.78 is 0. The van der Waals surface area contributed by atoms with Crippen LogP contribution in [0.1, 0.15) is 38.5 Å². The number of hydrogen-bond donors (Lipinski definition) is 1. The van der Waals surface area contributed by atoms with E-state index in [2.05, 4.69) is 11.9 Å². The Labute approximate surface area is 120 Å². The molecule has 0 radical (unpaired) electrons. The number of rotatable bonds is 3.